The fourth-order valence-corrected chi connectivity index (χ4v) is 6.25. The summed E-state index contributed by atoms with van der Waals surface area (Å²) < 4.78 is 5.25. The second kappa shape index (κ2) is 11.3. The first-order chi connectivity index (χ1) is 16.1. The van der Waals surface area contributed by atoms with Crippen LogP contribution in [-0.2, 0) is 20.7 Å². The van der Waals surface area contributed by atoms with Gasteiger partial charge in [-0.05, 0) is 53.8 Å². The highest BCUT2D eigenvalue weighted by molar-refractivity contribution is 7.10. The highest BCUT2D eigenvalue weighted by Crippen LogP contribution is 2.39. The minimum Gasteiger partial charge on any atom is -0.383 e. The van der Waals surface area contributed by atoms with Gasteiger partial charge in [-0.15, -0.1) is 11.3 Å². The molecule has 1 unspecified atom stereocenters. The van der Waals surface area contributed by atoms with E-state index >= 15 is 0 Å². The van der Waals surface area contributed by atoms with Gasteiger partial charge in [-0.2, -0.15) is 0 Å². The molecule has 2 heterocycles. The van der Waals surface area contributed by atoms with Gasteiger partial charge in [0, 0.05) is 31.5 Å². The Labute approximate surface area is 201 Å². The molecule has 2 aromatic rings. The van der Waals surface area contributed by atoms with Crippen molar-refractivity contribution in [3.05, 3.63) is 57.3 Å². The van der Waals surface area contributed by atoms with Crippen molar-refractivity contribution in [3.63, 3.8) is 0 Å². The zero-order valence-electron chi connectivity index (χ0n) is 19.9. The lowest BCUT2D eigenvalue weighted by atomic mass is 9.90. The number of ether oxygens (including phenoxy) is 1. The maximum atomic E-state index is 13.7. The summed E-state index contributed by atoms with van der Waals surface area (Å²) in [6, 6.07) is 10.4. The van der Waals surface area contributed by atoms with Crippen LogP contribution in [0.15, 0.2) is 35.7 Å². The molecule has 1 aliphatic carbocycles. The van der Waals surface area contributed by atoms with Gasteiger partial charge < -0.3 is 14.5 Å². The molecule has 6 heteroatoms. The number of carbonyl (C=O) groups is 2. The molecule has 0 radical (unpaired) electrons. The van der Waals surface area contributed by atoms with Crippen LogP contribution < -0.4 is 0 Å². The van der Waals surface area contributed by atoms with Crippen molar-refractivity contribution < 1.29 is 14.3 Å². The van der Waals surface area contributed by atoms with E-state index in [1.807, 2.05) is 17.0 Å². The third-order valence-corrected chi connectivity index (χ3v) is 8.25. The van der Waals surface area contributed by atoms with E-state index in [-0.39, 0.29) is 24.4 Å². The molecule has 0 bridgehead atoms. The molecule has 0 saturated heterocycles. The number of hydrogen-bond donors (Lipinski definition) is 0. The van der Waals surface area contributed by atoms with Gasteiger partial charge in [-0.1, -0.05) is 49.9 Å². The number of benzene rings is 1. The highest BCUT2D eigenvalue weighted by Gasteiger charge is 2.34. The fourth-order valence-electron chi connectivity index (χ4n) is 5.35. The molecule has 4 rings (SSSR count). The summed E-state index contributed by atoms with van der Waals surface area (Å²) in [5.41, 5.74) is 3.58. The highest BCUT2D eigenvalue weighted by atomic mass is 32.1. The molecule has 1 fully saturated rings. The third kappa shape index (κ3) is 5.67. The summed E-state index contributed by atoms with van der Waals surface area (Å²) >= 11 is 1.77. The van der Waals surface area contributed by atoms with E-state index in [1.54, 1.807) is 23.3 Å². The van der Waals surface area contributed by atoms with Gasteiger partial charge in [-0.25, -0.2) is 0 Å². The maximum Gasteiger partial charge on any atom is 0.242 e. The van der Waals surface area contributed by atoms with Gasteiger partial charge in [0.25, 0.3) is 0 Å². The van der Waals surface area contributed by atoms with Crippen molar-refractivity contribution in [2.24, 2.45) is 5.92 Å². The zero-order chi connectivity index (χ0) is 23.2. The van der Waals surface area contributed by atoms with E-state index in [9.17, 15) is 9.59 Å². The largest absolute Gasteiger partial charge is 0.383 e. The van der Waals surface area contributed by atoms with Gasteiger partial charge in [0.05, 0.1) is 19.2 Å². The number of amides is 2. The van der Waals surface area contributed by atoms with Gasteiger partial charge in [0.1, 0.15) is 0 Å². The Morgan fingerprint density at radius 1 is 1.15 bits per heavy atom. The molecule has 0 spiro atoms. The SMILES string of the molecule is COCCN(CC(=O)N1CCc2sccc2C1c1ccccc1C)C(=O)CCC1CCCC1. The first-order valence-electron chi connectivity index (χ1n) is 12.3. The summed E-state index contributed by atoms with van der Waals surface area (Å²) in [6.07, 6.45) is 7.37. The first-order valence-corrected chi connectivity index (χ1v) is 13.1. The molecule has 2 aliphatic rings. The van der Waals surface area contributed by atoms with Gasteiger partial charge >= 0.3 is 0 Å². The van der Waals surface area contributed by atoms with Crippen LogP contribution in [-0.4, -0.2) is 55.0 Å². The molecular formula is C27H36N2O3S. The zero-order valence-corrected chi connectivity index (χ0v) is 20.7. The predicted molar refractivity (Wildman–Crippen MR) is 132 cm³/mol. The van der Waals surface area contributed by atoms with E-state index in [0.29, 0.717) is 32.0 Å². The van der Waals surface area contributed by atoms with E-state index in [1.165, 1.54) is 47.3 Å². The maximum absolute atomic E-state index is 13.7. The smallest absolute Gasteiger partial charge is 0.242 e. The normalized spacial score (nSPS) is 18.4. The number of nitrogens with zero attached hydrogens (tertiary/aromatic N) is 2. The number of rotatable bonds is 9. The Kier molecular flexibility index (Phi) is 8.20. The molecule has 33 heavy (non-hydrogen) atoms. The summed E-state index contributed by atoms with van der Waals surface area (Å²) in [5, 5.41) is 2.13. The van der Waals surface area contributed by atoms with E-state index in [4.69, 9.17) is 4.74 Å². The summed E-state index contributed by atoms with van der Waals surface area (Å²) in [7, 11) is 1.64. The molecule has 1 atom stereocenters. The molecular weight excluding hydrogens is 432 g/mol. The van der Waals surface area contributed by atoms with Gasteiger partial charge in [0.15, 0.2) is 0 Å². The average Bonchev–Trinajstić information content (AvgIpc) is 3.52. The Morgan fingerprint density at radius 3 is 2.70 bits per heavy atom. The van der Waals surface area contributed by atoms with Crippen molar-refractivity contribution in [2.75, 3.05) is 33.4 Å². The summed E-state index contributed by atoms with van der Waals surface area (Å²) in [6.45, 7) is 3.81. The lowest BCUT2D eigenvalue weighted by Gasteiger charge is -2.38. The van der Waals surface area contributed by atoms with Crippen LogP contribution in [0.4, 0.5) is 0 Å². The quantitative estimate of drug-likeness (QED) is 0.522. The second-order valence-electron chi connectivity index (χ2n) is 9.39. The van der Waals surface area contributed by atoms with Crippen molar-refractivity contribution in [1.29, 1.82) is 0 Å². The summed E-state index contributed by atoms with van der Waals surface area (Å²) in [4.78, 5) is 31.8. The first kappa shape index (κ1) is 24.0. The van der Waals surface area contributed by atoms with E-state index in [2.05, 4.69) is 30.5 Å². The molecule has 178 valence electrons. The van der Waals surface area contributed by atoms with Crippen LogP contribution in [0.1, 0.15) is 66.1 Å². The minimum atomic E-state index is -0.0911. The van der Waals surface area contributed by atoms with Crippen LogP contribution in [0, 0.1) is 12.8 Å². The molecule has 2 amide bonds. The van der Waals surface area contributed by atoms with Crippen molar-refractivity contribution in [1.82, 2.24) is 9.80 Å². The topological polar surface area (TPSA) is 49.9 Å². The number of fused-ring (bicyclic) bond motifs is 1. The van der Waals surface area contributed by atoms with E-state index < -0.39 is 0 Å². The molecule has 1 saturated carbocycles. The van der Waals surface area contributed by atoms with Gasteiger partial charge in [-0.3, -0.25) is 9.59 Å². The van der Waals surface area contributed by atoms with Crippen molar-refractivity contribution >= 4 is 23.2 Å². The number of carbonyl (C=O) groups excluding carboxylic acids is 2. The number of aryl methyl sites for hydroxylation is 1. The minimum absolute atomic E-state index is 0.0189. The lowest BCUT2D eigenvalue weighted by Crippen LogP contribution is -2.47. The van der Waals surface area contributed by atoms with Crippen molar-refractivity contribution in [3.8, 4) is 0 Å². The monoisotopic (exact) mass is 468 g/mol. The number of methoxy groups -OCH3 is 1. The third-order valence-electron chi connectivity index (χ3n) is 7.25. The average molecular weight is 469 g/mol. The van der Waals surface area contributed by atoms with Gasteiger partial charge in [0.2, 0.25) is 11.8 Å². The Hall–Kier alpha value is -2.18. The lowest BCUT2D eigenvalue weighted by molar-refractivity contribution is -0.142. The predicted octanol–water partition coefficient (Wildman–Crippen LogP) is 4.98. The molecule has 1 aromatic heterocycles. The number of hydrogen-bond acceptors (Lipinski definition) is 4. The number of thiophene rings is 1. The molecule has 0 N–H and O–H groups in total. The second-order valence-corrected chi connectivity index (χ2v) is 10.4. The molecule has 1 aromatic carbocycles. The van der Waals surface area contributed by atoms with Crippen LogP contribution in [0.2, 0.25) is 0 Å². The Balaban J connectivity index is 1.51. The standard InChI is InChI=1S/C27H36N2O3S/c1-20-7-3-6-10-22(20)27-23-14-18-33-24(23)13-15-29(27)26(31)19-28(16-17-32-2)25(30)12-11-21-8-4-5-9-21/h3,6-7,10,14,18,21,27H,4-5,8-9,11-13,15-17,19H2,1-2H3. The molecule has 1 aliphatic heterocycles. The van der Waals surface area contributed by atoms with Crippen LogP contribution in [0.5, 0.6) is 0 Å². The van der Waals surface area contributed by atoms with Crippen LogP contribution >= 0.6 is 11.3 Å². The van der Waals surface area contributed by atoms with Crippen LogP contribution in [0.25, 0.3) is 0 Å². The molecule has 5 nitrogen and oxygen atoms in total. The van der Waals surface area contributed by atoms with Crippen molar-refractivity contribution in [2.45, 2.75) is 57.9 Å². The van der Waals surface area contributed by atoms with Crippen LogP contribution in [0.3, 0.4) is 0 Å². The van der Waals surface area contributed by atoms with E-state index in [0.717, 1.165) is 12.8 Å². The Morgan fingerprint density at radius 2 is 1.94 bits per heavy atom. The Bertz CT molecular complexity index is 950. The summed E-state index contributed by atoms with van der Waals surface area (Å²) in [5.74, 6) is 0.761. The fraction of sp³-hybridized carbons (Fsp3) is 0.556.